The maximum atomic E-state index is 12.5. The van der Waals surface area contributed by atoms with E-state index in [1.54, 1.807) is 0 Å². The summed E-state index contributed by atoms with van der Waals surface area (Å²) in [6.07, 6.45) is 4.52. The highest BCUT2D eigenvalue weighted by Crippen LogP contribution is 2.42. The van der Waals surface area contributed by atoms with E-state index in [0.717, 1.165) is 32.1 Å². The molecule has 5 nitrogen and oxygen atoms in total. The summed E-state index contributed by atoms with van der Waals surface area (Å²) in [5.74, 6) is -0.101. The summed E-state index contributed by atoms with van der Waals surface area (Å²) < 4.78 is 22.8. The summed E-state index contributed by atoms with van der Waals surface area (Å²) in [5, 5.41) is 8.15. The maximum Gasteiger partial charge on any atom is 0.238 e. The van der Waals surface area contributed by atoms with E-state index in [1.165, 1.54) is 18.2 Å². The summed E-state index contributed by atoms with van der Waals surface area (Å²) in [4.78, 5) is 12.5. The topological polar surface area (TPSA) is 89.3 Å². The van der Waals surface area contributed by atoms with Gasteiger partial charge in [0.15, 0.2) is 0 Å². The second-order valence-corrected chi connectivity index (χ2v) is 7.45. The van der Waals surface area contributed by atoms with Crippen LogP contribution in [0.25, 0.3) is 0 Å². The Morgan fingerprint density at radius 3 is 2.52 bits per heavy atom. The fourth-order valence-corrected chi connectivity index (χ4v) is 3.53. The van der Waals surface area contributed by atoms with Gasteiger partial charge in [0.2, 0.25) is 15.9 Å². The lowest BCUT2D eigenvalue weighted by Gasteiger charge is -2.26. The number of hydrogen-bond acceptors (Lipinski definition) is 3. The molecular formula is C14H19ClN2O3S. The average molecular weight is 331 g/mol. The number of benzene rings is 1. The summed E-state index contributed by atoms with van der Waals surface area (Å²) >= 11 is 6.04. The monoisotopic (exact) mass is 330 g/mol. The van der Waals surface area contributed by atoms with E-state index in [1.807, 2.05) is 6.92 Å². The van der Waals surface area contributed by atoms with Crippen LogP contribution in [-0.4, -0.2) is 14.3 Å². The van der Waals surface area contributed by atoms with Gasteiger partial charge in [-0.2, -0.15) is 0 Å². The quantitative estimate of drug-likeness (QED) is 0.889. The molecule has 116 valence electrons. The Bertz CT molecular complexity index is 652. The predicted molar refractivity (Wildman–Crippen MR) is 82.6 cm³/mol. The van der Waals surface area contributed by atoms with Crippen LogP contribution in [0, 0.1) is 5.41 Å². The van der Waals surface area contributed by atoms with Gasteiger partial charge in [-0.25, -0.2) is 13.6 Å². The second-order valence-electron chi connectivity index (χ2n) is 5.48. The summed E-state index contributed by atoms with van der Waals surface area (Å²) in [5.41, 5.74) is -0.0890. The van der Waals surface area contributed by atoms with Crippen LogP contribution in [0.2, 0.25) is 5.02 Å². The van der Waals surface area contributed by atoms with Crippen LogP contribution in [-0.2, 0) is 14.8 Å². The van der Waals surface area contributed by atoms with E-state index in [2.05, 4.69) is 5.32 Å². The van der Waals surface area contributed by atoms with E-state index >= 15 is 0 Å². The first-order valence-electron chi connectivity index (χ1n) is 6.92. The molecule has 2 rings (SSSR count). The number of nitrogens with two attached hydrogens (primary N) is 1. The molecule has 0 unspecified atom stereocenters. The summed E-state index contributed by atoms with van der Waals surface area (Å²) in [6, 6.07) is 4.04. The highest BCUT2D eigenvalue weighted by atomic mass is 35.5. The third-order valence-electron chi connectivity index (χ3n) is 4.23. The average Bonchev–Trinajstić information content (AvgIpc) is 2.90. The number of anilines is 1. The van der Waals surface area contributed by atoms with Crippen LogP contribution in [0.5, 0.6) is 0 Å². The van der Waals surface area contributed by atoms with Crippen molar-refractivity contribution in [3.05, 3.63) is 23.2 Å². The number of halogens is 1. The van der Waals surface area contributed by atoms with Crippen LogP contribution in [0.1, 0.15) is 39.0 Å². The molecule has 0 spiro atoms. The lowest BCUT2D eigenvalue weighted by atomic mass is 9.82. The number of primary sulfonamides is 1. The van der Waals surface area contributed by atoms with Gasteiger partial charge < -0.3 is 5.32 Å². The first-order valence-corrected chi connectivity index (χ1v) is 8.85. The number of sulfonamides is 1. The molecule has 0 heterocycles. The van der Waals surface area contributed by atoms with Gasteiger partial charge in [-0.05, 0) is 37.5 Å². The Kier molecular flexibility index (Phi) is 4.60. The number of rotatable bonds is 4. The molecule has 7 heteroatoms. The zero-order valence-electron chi connectivity index (χ0n) is 11.9. The Labute approximate surface area is 129 Å². The van der Waals surface area contributed by atoms with Crippen LogP contribution in [0.15, 0.2) is 23.1 Å². The molecule has 1 aromatic carbocycles. The standard InChI is InChI=1S/C14H19ClN2O3S/c1-2-14(7-3-4-8-14)13(18)17-12-9-10(21(16,19)20)5-6-11(12)15/h5-6,9H,2-4,7-8H2,1H3,(H,17,18)(H2,16,19,20). The highest BCUT2D eigenvalue weighted by Gasteiger charge is 2.39. The molecule has 0 bridgehead atoms. The van der Waals surface area contributed by atoms with Gasteiger partial charge in [-0.3, -0.25) is 4.79 Å². The third-order valence-corrected chi connectivity index (χ3v) is 5.47. The molecule has 3 N–H and O–H groups in total. The minimum absolute atomic E-state index is 0.0702. The van der Waals surface area contributed by atoms with Crippen LogP contribution >= 0.6 is 11.6 Å². The van der Waals surface area contributed by atoms with E-state index < -0.39 is 10.0 Å². The molecule has 1 aliphatic rings. The van der Waals surface area contributed by atoms with Crippen LogP contribution in [0.4, 0.5) is 5.69 Å². The van der Waals surface area contributed by atoms with Crippen molar-refractivity contribution in [2.24, 2.45) is 10.6 Å². The fraction of sp³-hybridized carbons (Fsp3) is 0.500. The van der Waals surface area contributed by atoms with Crippen molar-refractivity contribution < 1.29 is 13.2 Å². The Morgan fingerprint density at radius 1 is 1.38 bits per heavy atom. The molecule has 0 aromatic heterocycles. The summed E-state index contributed by atoms with van der Waals surface area (Å²) in [6.45, 7) is 1.99. The van der Waals surface area contributed by atoms with Gasteiger partial charge in [0.1, 0.15) is 0 Å². The maximum absolute atomic E-state index is 12.5. The van der Waals surface area contributed by atoms with Gasteiger partial charge in [0.05, 0.1) is 15.6 Å². The molecule has 1 aromatic rings. The van der Waals surface area contributed by atoms with Crippen molar-refractivity contribution in [3.63, 3.8) is 0 Å². The van der Waals surface area contributed by atoms with Crippen LogP contribution in [0.3, 0.4) is 0 Å². The number of carbonyl (C=O) groups excluding carboxylic acids is 1. The molecule has 0 atom stereocenters. The molecule has 1 amide bonds. The normalized spacial score (nSPS) is 17.7. The fourth-order valence-electron chi connectivity index (χ4n) is 2.82. The molecule has 1 fully saturated rings. The number of amides is 1. The van der Waals surface area contributed by atoms with Crippen molar-refractivity contribution in [1.82, 2.24) is 0 Å². The molecule has 0 aliphatic heterocycles. The zero-order valence-corrected chi connectivity index (χ0v) is 13.4. The smallest absolute Gasteiger partial charge is 0.238 e. The van der Waals surface area contributed by atoms with Gasteiger partial charge >= 0.3 is 0 Å². The summed E-state index contributed by atoms with van der Waals surface area (Å²) in [7, 11) is -3.83. The second kappa shape index (κ2) is 5.94. The minimum atomic E-state index is -3.83. The van der Waals surface area contributed by atoms with Gasteiger partial charge in [-0.15, -0.1) is 0 Å². The first-order chi connectivity index (χ1) is 9.78. The van der Waals surface area contributed by atoms with E-state index in [4.69, 9.17) is 16.7 Å². The Hall–Kier alpha value is -1.11. The number of carbonyl (C=O) groups is 1. The minimum Gasteiger partial charge on any atom is -0.324 e. The van der Waals surface area contributed by atoms with Crippen molar-refractivity contribution in [2.75, 3.05) is 5.32 Å². The Morgan fingerprint density at radius 2 is 2.00 bits per heavy atom. The van der Waals surface area contributed by atoms with E-state index in [-0.39, 0.29) is 21.9 Å². The van der Waals surface area contributed by atoms with Crippen LogP contribution < -0.4 is 10.5 Å². The molecule has 21 heavy (non-hydrogen) atoms. The molecule has 0 radical (unpaired) electrons. The van der Waals surface area contributed by atoms with E-state index in [9.17, 15) is 13.2 Å². The first kappa shape index (κ1) is 16.3. The highest BCUT2D eigenvalue weighted by molar-refractivity contribution is 7.89. The van der Waals surface area contributed by atoms with Gasteiger partial charge in [-0.1, -0.05) is 31.4 Å². The van der Waals surface area contributed by atoms with Crippen molar-refractivity contribution in [3.8, 4) is 0 Å². The molecular weight excluding hydrogens is 312 g/mol. The number of nitrogens with one attached hydrogen (secondary N) is 1. The van der Waals surface area contributed by atoms with Crippen molar-refractivity contribution >= 4 is 33.2 Å². The predicted octanol–water partition coefficient (Wildman–Crippen LogP) is 2.90. The Balaban J connectivity index is 2.29. The lowest BCUT2D eigenvalue weighted by Crippen LogP contribution is -2.33. The molecule has 0 saturated heterocycles. The van der Waals surface area contributed by atoms with Crippen molar-refractivity contribution in [1.29, 1.82) is 0 Å². The lowest BCUT2D eigenvalue weighted by molar-refractivity contribution is -0.125. The van der Waals surface area contributed by atoms with E-state index in [0.29, 0.717) is 5.02 Å². The number of hydrogen-bond donors (Lipinski definition) is 2. The van der Waals surface area contributed by atoms with Crippen molar-refractivity contribution in [2.45, 2.75) is 43.9 Å². The largest absolute Gasteiger partial charge is 0.324 e. The third kappa shape index (κ3) is 3.39. The van der Waals surface area contributed by atoms with Gasteiger partial charge in [0, 0.05) is 5.41 Å². The molecule has 1 aliphatic carbocycles. The SMILES string of the molecule is CCC1(C(=O)Nc2cc(S(N)(=O)=O)ccc2Cl)CCCC1. The van der Waals surface area contributed by atoms with Gasteiger partial charge in [0.25, 0.3) is 0 Å². The molecule has 1 saturated carbocycles. The zero-order chi connectivity index (χ0) is 15.7.